The fraction of sp³-hybridized carbons (Fsp3) is 0.286. The van der Waals surface area contributed by atoms with E-state index in [0.717, 1.165) is 21.6 Å². The van der Waals surface area contributed by atoms with Crippen molar-refractivity contribution in [2.45, 2.75) is 19.4 Å². The largest absolute Gasteiger partial charge is 0.481 e. The summed E-state index contributed by atoms with van der Waals surface area (Å²) in [5.41, 5.74) is 2.05. The minimum absolute atomic E-state index is 0. The number of hydrogen-bond acceptors (Lipinski definition) is 2. The number of hydrogen-bond donors (Lipinski definition) is 1. The van der Waals surface area contributed by atoms with Crippen molar-refractivity contribution in [2.24, 2.45) is 5.92 Å². The maximum atomic E-state index is 11.1. The summed E-state index contributed by atoms with van der Waals surface area (Å²) in [6.07, 6.45) is 3.02. The molecule has 0 saturated carbocycles. The van der Waals surface area contributed by atoms with E-state index in [1.165, 1.54) is 0 Å². The number of fused-ring (bicyclic) bond motifs is 1. The van der Waals surface area contributed by atoms with Gasteiger partial charge in [0.15, 0.2) is 0 Å². The van der Waals surface area contributed by atoms with E-state index in [1.807, 2.05) is 24.3 Å². The standard InChI is InChI=1S/C14H13BrN2O2.ClH/c15-12-4-2-1-3-11(12)13-16-8-10-7-9(14(18)19)5-6-17(10)13;/h1-4,8-9H,5-7H2,(H,18,19);1H. The Kier molecular flexibility index (Phi) is 4.50. The van der Waals surface area contributed by atoms with Gasteiger partial charge in [0.25, 0.3) is 0 Å². The van der Waals surface area contributed by atoms with Gasteiger partial charge in [-0.25, -0.2) is 4.98 Å². The van der Waals surface area contributed by atoms with Crippen molar-refractivity contribution < 1.29 is 9.90 Å². The van der Waals surface area contributed by atoms with Gasteiger partial charge in [-0.2, -0.15) is 0 Å². The SMILES string of the molecule is Cl.O=C(O)C1CCn2c(cnc2-c2ccccc2Br)C1. The molecule has 2 heterocycles. The van der Waals surface area contributed by atoms with Gasteiger partial charge in [-0.05, 0) is 12.5 Å². The maximum Gasteiger partial charge on any atom is 0.306 e. The Morgan fingerprint density at radius 1 is 1.40 bits per heavy atom. The smallest absolute Gasteiger partial charge is 0.306 e. The molecule has 0 bridgehead atoms. The molecule has 1 aromatic heterocycles. The molecule has 1 aliphatic heterocycles. The third-order valence-corrected chi connectivity index (χ3v) is 4.25. The van der Waals surface area contributed by atoms with Gasteiger partial charge in [-0.3, -0.25) is 4.79 Å². The number of carboxylic acid groups (broad SMARTS) is 1. The molecule has 0 saturated heterocycles. The molecule has 1 aromatic carbocycles. The van der Waals surface area contributed by atoms with Gasteiger partial charge in [0.1, 0.15) is 5.82 Å². The van der Waals surface area contributed by atoms with Crippen LogP contribution >= 0.6 is 28.3 Å². The quantitative estimate of drug-likeness (QED) is 0.896. The van der Waals surface area contributed by atoms with Crippen LogP contribution in [0.4, 0.5) is 0 Å². The van der Waals surface area contributed by atoms with Crippen molar-refractivity contribution in [1.82, 2.24) is 9.55 Å². The Labute approximate surface area is 131 Å². The Morgan fingerprint density at radius 3 is 2.85 bits per heavy atom. The number of nitrogens with zero attached hydrogens (tertiary/aromatic N) is 2. The van der Waals surface area contributed by atoms with E-state index < -0.39 is 5.97 Å². The van der Waals surface area contributed by atoms with Crippen LogP contribution in [0.25, 0.3) is 11.4 Å². The first-order chi connectivity index (χ1) is 9.16. The Hall–Kier alpha value is -1.33. The van der Waals surface area contributed by atoms with Crippen LogP contribution in [0.5, 0.6) is 0 Å². The van der Waals surface area contributed by atoms with Crippen molar-refractivity contribution in [1.29, 1.82) is 0 Å². The first-order valence-electron chi connectivity index (χ1n) is 6.19. The number of carbonyl (C=O) groups is 1. The fourth-order valence-corrected chi connectivity index (χ4v) is 2.99. The molecule has 0 aliphatic carbocycles. The Balaban J connectivity index is 0.00000147. The average Bonchev–Trinajstić information content (AvgIpc) is 2.82. The molecule has 106 valence electrons. The average molecular weight is 358 g/mol. The first-order valence-corrected chi connectivity index (χ1v) is 6.98. The lowest BCUT2D eigenvalue weighted by molar-refractivity contribution is -0.142. The third kappa shape index (κ3) is 2.60. The summed E-state index contributed by atoms with van der Waals surface area (Å²) < 4.78 is 3.13. The second-order valence-corrected chi connectivity index (χ2v) is 5.59. The number of aliphatic carboxylic acids is 1. The van der Waals surface area contributed by atoms with Crippen molar-refractivity contribution in [3.63, 3.8) is 0 Å². The third-order valence-electron chi connectivity index (χ3n) is 3.56. The Bertz CT molecular complexity index is 642. The summed E-state index contributed by atoms with van der Waals surface area (Å²) in [6, 6.07) is 7.95. The highest BCUT2D eigenvalue weighted by atomic mass is 79.9. The number of carboxylic acids is 1. The Morgan fingerprint density at radius 2 is 2.15 bits per heavy atom. The van der Waals surface area contributed by atoms with Gasteiger partial charge in [0.2, 0.25) is 0 Å². The molecule has 1 aliphatic rings. The van der Waals surface area contributed by atoms with Gasteiger partial charge in [0.05, 0.1) is 5.92 Å². The summed E-state index contributed by atoms with van der Waals surface area (Å²) in [6.45, 7) is 0.711. The van der Waals surface area contributed by atoms with Crippen LogP contribution in [0.3, 0.4) is 0 Å². The molecule has 0 radical (unpaired) electrons. The minimum atomic E-state index is -0.713. The van der Waals surface area contributed by atoms with Gasteiger partial charge in [-0.1, -0.05) is 34.1 Å². The predicted molar refractivity (Wildman–Crippen MR) is 82.1 cm³/mol. The van der Waals surface area contributed by atoms with E-state index in [-0.39, 0.29) is 18.3 Å². The van der Waals surface area contributed by atoms with Gasteiger partial charge in [0, 0.05) is 34.9 Å². The number of imidazole rings is 1. The molecular formula is C14H14BrClN2O2. The van der Waals surface area contributed by atoms with E-state index in [0.29, 0.717) is 19.4 Å². The van der Waals surface area contributed by atoms with Crippen molar-refractivity contribution in [3.8, 4) is 11.4 Å². The molecule has 0 spiro atoms. The molecule has 2 aromatic rings. The zero-order valence-electron chi connectivity index (χ0n) is 10.6. The second-order valence-electron chi connectivity index (χ2n) is 4.73. The van der Waals surface area contributed by atoms with E-state index in [9.17, 15) is 4.79 Å². The van der Waals surface area contributed by atoms with Crippen LogP contribution in [-0.4, -0.2) is 20.6 Å². The molecule has 6 heteroatoms. The van der Waals surface area contributed by atoms with Crippen LogP contribution in [0, 0.1) is 5.92 Å². The van der Waals surface area contributed by atoms with Crippen molar-refractivity contribution in [2.75, 3.05) is 0 Å². The van der Waals surface area contributed by atoms with Gasteiger partial charge >= 0.3 is 5.97 Å². The van der Waals surface area contributed by atoms with Crippen LogP contribution in [0.15, 0.2) is 34.9 Å². The predicted octanol–water partition coefficient (Wildman–Crippen LogP) is 3.38. The lowest BCUT2D eigenvalue weighted by Gasteiger charge is -2.22. The molecule has 3 rings (SSSR count). The van der Waals surface area contributed by atoms with E-state index >= 15 is 0 Å². The zero-order valence-corrected chi connectivity index (χ0v) is 13.0. The molecule has 4 nitrogen and oxygen atoms in total. The molecule has 1 unspecified atom stereocenters. The molecule has 1 atom stereocenters. The van der Waals surface area contributed by atoms with E-state index in [2.05, 4.69) is 25.5 Å². The second kappa shape index (κ2) is 5.97. The highest BCUT2D eigenvalue weighted by Crippen LogP contribution is 2.31. The van der Waals surface area contributed by atoms with Crippen LogP contribution < -0.4 is 0 Å². The normalized spacial score (nSPS) is 17.1. The number of rotatable bonds is 2. The highest BCUT2D eigenvalue weighted by molar-refractivity contribution is 9.10. The number of halogens is 2. The number of aromatic nitrogens is 2. The summed E-state index contributed by atoms with van der Waals surface area (Å²) in [7, 11) is 0. The summed E-state index contributed by atoms with van der Waals surface area (Å²) in [4.78, 5) is 15.5. The topological polar surface area (TPSA) is 55.1 Å². The summed E-state index contributed by atoms with van der Waals surface area (Å²) in [5.74, 6) is -0.0857. The molecule has 20 heavy (non-hydrogen) atoms. The number of benzene rings is 1. The van der Waals surface area contributed by atoms with Gasteiger partial charge < -0.3 is 9.67 Å². The molecular weight excluding hydrogens is 344 g/mol. The van der Waals surface area contributed by atoms with Crippen molar-refractivity contribution in [3.05, 3.63) is 40.6 Å². The molecule has 1 N–H and O–H groups in total. The lowest BCUT2D eigenvalue weighted by Crippen LogP contribution is -2.25. The lowest BCUT2D eigenvalue weighted by atomic mass is 9.96. The highest BCUT2D eigenvalue weighted by Gasteiger charge is 2.26. The van der Waals surface area contributed by atoms with E-state index in [1.54, 1.807) is 6.20 Å². The fourth-order valence-electron chi connectivity index (χ4n) is 2.53. The van der Waals surface area contributed by atoms with Gasteiger partial charge in [-0.15, -0.1) is 12.4 Å². The summed E-state index contributed by atoms with van der Waals surface area (Å²) >= 11 is 3.53. The van der Waals surface area contributed by atoms with Crippen LogP contribution in [-0.2, 0) is 17.8 Å². The maximum absolute atomic E-state index is 11.1. The zero-order chi connectivity index (χ0) is 13.4. The van der Waals surface area contributed by atoms with Crippen LogP contribution in [0.2, 0.25) is 0 Å². The molecule has 0 fully saturated rings. The molecule has 0 amide bonds. The summed E-state index contributed by atoms with van der Waals surface area (Å²) in [5, 5.41) is 9.09. The monoisotopic (exact) mass is 356 g/mol. The minimum Gasteiger partial charge on any atom is -0.481 e. The van der Waals surface area contributed by atoms with Crippen molar-refractivity contribution >= 4 is 34.3 Å². The van der Waals surface area contributed by atoms with E-state index in [4.69, 9.17) is 5.11 Å². The first kappa shape index (κ1) is 15.1. The van der Waals surface area contributed by atoms with Crippen LogP contribution in [0.1, 0.15) is 12.1 Å².